The van der Waals surface area contributed by atoms with E-state index in [1.807, 2.05) is 37.3 Å². The molecule has 0 radical (unpaired) electrons. The van der Waals surface area contributed by atoms with Gasteiger partial charge in [-0.15, -0.1) is 0 Å². The molecule has 1 aromatic carbocycles. The largest absolute Gasteiger partial charge is 0.463 e. The number of nitrogens with two attached hydrogens (primary N) is 1. The van der Waals surface area contributed by atoms with Gasteiger partial charge in [-0.05, 0) is 42.6 Å². The second kappa shape index (κ2) is 5.38. The minimum atomic E-state index is -0.707. The molecular weight excluding hydrogens is 226 g/mol. The number of furan rings is 1. The normalized spacial score (nSPS) is 14.4. The third-order valence-electron chi connectivity index (χ3n) is 3.21. The first kappa shape index (κ1) is 12.9. The maximum absolute atomic E-state index is 10.2. The van der Waals surface area contributed by atoms with Crippen LogP contribution in [0.15, 0.2) is 40.8 Å². The van der Waals surface area contributed by atoms with Gasteiger partial charge >= 0.3 is 0 Å². The molecule has 1 aromatic heterocycles. The highest BCUT2D eigenvalue weighted by molar-refractivity contribution is 5.30. The van der Waals surface area contributed by atoms with Crippen LogP contribution >= 0.6 is 0 Å². The molecule has 0 aliphatic rings. The molecule has 18 heavy (non-hydrogen) atoms. The Balaban J connectivity index is 2.19. The first-order valence-corrected chi connectivity index (χ1v) is 6.16. The Morgan fingerprint density at radius 2 is 1.72 bits per heavy atom. The zero-order chi connectivity index (χ0) is 13.1. The molecule has 0 aliphatic heterocycles. The van der Waals surface area contributed by atoms with Crippen LogP contribution in [0.25, 0.3) is 0 Å². The van der Waals surface area contributed by atoms with E-state index < -0.39 is 6.10 Å². The molecule has 1 heterocycles. The van der Waals surface area contributed by atoms with Crippen LogP contribution in [0.3, 0.4) is 0 Å². The van der Waals surface area contributed by atoms with E-state index in [2.05, 4.69) is 6.92 Å². The Labute approximate surface area is 107 Å². The van der Waals surface area contributed by atoms with Crippen molar-refractivity contribution in [2.24, 2.45) is 5.73 Å². The second-order valence-electron chi connectivity index (χ2n) is 4.65. The van der Waals surface area contributed by atoms with E-state index in [0.717, 1.165) is 11.3 Å². The van der Waals surface area contributed by atoms with Gasteiger partial charge in [0.15, 0.2) is 0 Å². The summed E-state index contributed by atoms with van der Waals surface area (Å²) >= 11 is 0. The van der Waals surface area contributed by atoms with E-state index in [4.69, 9.17) is 10.2 Å². The molecule has 0 aliphatic carbocycles. The van der Waals surface area contributed by atoms with Crippen molar-refractivity contribution in [3.05, 3.63) is 59.0 Å². The van der Waals surface area contributed by atoms with Crippen LogP contribution in [0.4, 0.5) is 0 Å². The average Bonchev–Trinajstić information content (AvgIpc) is 2.84. The van der Waals surface area contributed by atoms with Crippen LogP contribution < -0.4 is 5.73 Å². The predicted molar refractivity (Wildman–Crippen MR) is 71.4 cm³/mol. The summed E-state index contributed by atoms with van der Waals surface area (Å²) in [5.74, 6) is 1.71. The fraction of sp³-hybridized carbons (Fsp3) is 0.333. The summed E-state index contributed by atoms with van der Waals surface area (Å²) < 4.78 is 5.43. The molecule has 96 valence electrons. The van der Waals surface area contributed by atoms with Crippen molar-refractivity contribution < 1.29 is 9.52 Å². The van der Waals surface area contributed by atoms with Gasteiger partial charge in [0.05, 0.1) is 0 Å². The van der Waals surface area contributed by atoms with Gasteiger partial charge in [-0.2, -0.15) is 0 Å². The summed E-state index contributed by atoms with van der Waals surface area (Å²) in [6.07, 6.45) is -0.707. The standard InChI is InChI=1S/C15H19NO2/c1-10(9-16)12-4-6-13(7-5-12)15(17)14-8-3-11(2)18-14/h3-8,10,15,17H,9,16H2,1-2H3. The van der Waals surface area contributed by atoms with E-state index in [1.54, 1.807) is 6.07 Å². The fourth-order valence-electron chi connectivity index (χ4n) is 1.91. The van der Waals surface area contributed by atoms with Gasteiger partial charge < -0.3 is 15.3 Å². The number of benzene rings is 1. The van der Waals surface area contributed by atoms with Crippen LogP contribution in [0.5, 0.6) is 0 Å². The summed E-state index contributed by atoms with van der Waals surface area (Å²) in [6, 6.07) is 11.5. The summed E-state index contributed by atoms with van der Waals surface area (Å²) in [7, 11) is 0. The predicted octanol–water partition coefficient (Wildman–Crippen LogP) is 2.73. The maximum atomic E-state index is 10.2. The monoisotopic (exact) mass is 245 g/mol. The van der Waals surface area contributed by atoms with Gasteiger partial charge in [0.2, 0.25) is 0 Å². The average molecular weight is 245 g/mol. The van der Waals surface area contributed by atoms with Crippen LogP contribution in [0.2, 0.25) is 0 Å². The molecule has 3 nitrogen and oxygen atoms in total. The lowest BCUT2D eigenvalue weighted by molar-refractivity contribution is 0.187. The van der Waals surface area contributed by atoms with E-state index in [0.29, 0.717) is 18.2 Å². The lowest BCUT2D eigenvalue weighted by Crippen LogP contribution is -2.09. The molecule has 3 N–H and O–H groups in total. The lowest BCUT2D eigenvalue weighted by Gasteiger charge is -2.12. The van der Waals surface area contributed by atoms with Crippen molar-refractivity contribution in [1.82, 2.24) is 0 Å². The number of aryl methyl sites for hydroxylation is 1. The fourth-order valence-corrected chi connectivity index (χ4v) is 1.91. The minimum absolute atomic E-state index is 0.335. The van der Waals surface area contributed by atoms with Gasteiger partial charge in [0.25, 0.3) is 0 Å². The van der Waals surface area contributed by atoms with E-state index in [9.17, 15) is 5.11 Å². The smallest absolute Gasteiger partial charge is 0.137 e. The molecule has 2 aromatic rings. The maximum Gasteiger partial charge on any atom is 0.137 e. The van der Waals surface area contributed by atoms with E-state index in [-0.39, 0.29) is 0 Å². The zero-order valence-corrected chi connectivity index (χ0v) is 10.8. The third kappa shape index (κ3) is 2.63. The van der Waals surface area contributed by atoms with Crippen molar-refractivity contribution >= 4 is 0 Å². The summed E-state index contributed by atoms with van der Waals surface area (Å²) in [6.45, 7) is 4.57. The van der Waals surface area contributed by atoms with E-state index >= 15 is 0 Å². The molecule has 2 rings (SSSR count). The Kier molecular flexibility index (Phi) is 3.84. The van der Waals surface area contributed by atoms with Gasteiger partial charge in [-0.25, -0.2) is 0 Å². The van der Waals surface area contributed by atoms with Crippen LogP contribution in [0.1, 0.15) is 41.6 Å². The Morgan fingerprint density at radius 1 is 1.11 bits per heavy atom. The molecule has 2 unspecified atom stereocenters. The molecule has 2 atom stereocenters. The van der Waals surface area contributed by atoms with Gasteiger partial charge in [-0.3, -0.25) is 0 Å². The summed E-state index contributed by atoms with van der Waals surface area (Å²) in [5, 5.41) is 10.2. The van der Waals surface area contributed by atoms with Gasteiger partial charge in [0.1, 0.15) is 17.6 Å². The van der Waals surface area contributed by atoms with Crippen molar-refractivity contribution in [3.8, 4) is 0 Å². The first-order valence-electron chi connectivity index (χ1n) is 6.16. The highest BCUT2D eigenvalue weighted by atomic mass is 16.4. The highest BCUT2D eigenvalue weighted by Gasteiger charge is 2.14. The van der Waals surface area contributed by atoms with Crippen molar-refractivity contribution in [2.75, 3.05) is 6.54 Å². The number of aliphatic hydroxyl groups is 1. The van der Waals surface area contributed by atoms with Gasteiger partial charge in [0, 0.05) is 0 Å². The Bertz CT molecular complexity index is 501. The van der Waals surface area contributed by atoms with E-state index in [1.165, 1.54) is 5.56 Å². The van der Waals surface area contributed by atoms with Crippen LogP contribution in [-0.4, -0.2) is 11.7 Å². The topological polar surface area (TPSA) is 59.4 Å². The Hall–Kier alpha value is -1.58. The molecule has 0 fully saturated rings. The molecular formula is C15H19NO2. The van der Waals surface area contributed by atoms with Crippen molar-refractivity contribution in [2.45, 2.75) is 25.9 Å². The highest BCUT2D eigenvalue weighted by Crippen LogP contribution is 2.25. The molecule has 0 saturated carbocycles. The number of aliphatic hydroxyl groups excluding tert-OH is 1. The molecule has 0 spiro atoms. The van der Waals surface area contributed by atoms with Gasteiger partial charge in [-0.1, -0.05) is 31.2 Å². The zero-order valence-electron chi connectivity index (χ0n) is 10.8. The minimum Gasteiger partial charge on any atom is -0.463 e. The van der Waals surface area contributed by atoms with Crippen LogP contribution in [-0.2, 0) is 0 Å². The molecule has 0 bridgehead atoms. The summed E-state index contributed by atoms with van der Waals surface area (Å²) in [4.78, 5) is 0. The number of hydrogen-bond donors (Lipinski definition) is 2. The number of rotatable bonds is 4. The van der Waals surface area contributed by atoms with Crippen molar-refractivity contribution in [1.29, 1.82) is 0 Å². The molecule has 0 saturated heterocycles. The second-order valence-corrected chi connectivity index (χ2v) is 4.65. The summed E-state index contributed by atoms with van der Waals surface area (Å²) in [5.41, 5.74) is 7.65. The molecule has 0 amide bonds. The third-order valence-corrected chi connectivity index (χ3v) is 3.21. The molecule has 3 heteroatoms. The number of hydrogen-bond acceptors (Lipinski definition) is 3. The van der Waals surface area contributed by atoms with Crippen LogP contribution in [0, 0.1) is 6.92 Å². The lowest BCUT2D eigenvalue weighted by atomic mass is 9.98. The van der Waals surface area contributed by atoms with Crippen molar-refractivity contribution in [3.63, 3.8) is 0 Å². The SMILES string of the molecule is Cc1ccc(C(O)c2ccc(C(C)CN)cc2)o1. The first-order chi connectivity index (χ1) is 8.61. The quantitative estimate of drug-likeness (QED) is 0.870. The Morgan fingerprint density at radius 3 is 2.22 bits per heavy atom.